The monoisotopic (exact) mass is 443 g/mol. The number of aliphatic carboxylic acids is 1. The molecule has 1 amide bonds. The van der Waals surface area contributed by atoms with Crippen molar-refractivity contribution in [3.63, 3.8) is 0 Å². The van der Waals surface area contributed by atoms with Gasteiger partial charge in [-0.2, -0.15) is 5.10 Å². The Bertz CT molecular complexity index is 925. The van der Waals surface area contributed by atoms with Gasteiger partial charge in [0.2, 0.25) is 0 Å². The van der Waals surface area contributed by atoms with E-state index < -0.39 is 12.0 Å². The van der Waals surface area contributed by atoms with E-state index in [9.17, 15) is 14.7 Å². The number of carboxylic acids is 1. The summed E-state index contributed by atoms with van der Waals surface area (Å²) in [4.78, 5) is 24.4. The Morgan fingerprint density at radius 3 is 2.34 bits per heavy atom. The van der Waals surface area contributed by atoms with Gasteiger partial charge in [0.25, 0.3) is 5.91 Å². The zero-order chi connectivity index (χ0) is 23.3. The van der Waals surface area contributed by atoms with E-state index in [2.05, 4.69) is 10.4 Å². The summed E-state index contributed by atoms with van der Waals surface area (Å²) in [5.74, 6) is 0.220. The summed E-state index contributed by atoms with van der Waals surface area (Å²) in [5, 5.41) is 16.8. The van der Waals surface area contributed by atoms with E-state index in [0.29, 0.717) is 17.9 Å². The highest BCUT2D eigenvalue weighted by molar-refractivity contribution is 5.94. The maximum Gasteiger partial charge on any atom is 0.305 e. The third kappa shape index (κ3) is 5.41. The van der Waals surface area contributed by atoms with Gasteiger partial charge in [-0.15, -0.1) is 0 Å². The summed E-state index contributed by atoms with van der Waals surface area (Å²) < 4.78 is 13.1. The number of carboxylic acid groups (broad SMARTS) is 1. The maximum absolute atomic E-state index is 13.1. The second kappa shape index (κ2) is 10.5. The summed E-state index contributed by atoms with van der Waals surface area (Å²) in [6.45, 7) is 4.00. The number of amides is 1. The third-order valence-electron chi connectivity index (χ3n) is 5.84. The summed E-state index contributed by atoms with van der Waals surface area (Å²) in [6, 6.07) is 7.05. The van der Waals surface area contributed by atoms with Crippen molar-refractivity contribution in [1.82, 2.24) is 15.1 Å². The van der Waals surface area contributed by atoms with Crippen LogP contribution >= 0.6 is 0 Å². The van der Waals surface area contributed by atoms with Crippen LogP contribution in [0.15, 0.2) is 24.3 Å². The van der Waals surface area contributed by atoms with Crippen molar-refractivity contribution in [2.75, 3.05) is 14.2 Å². The number of nitrogens with one attached hydrogen (secondary N) is 1. The molecule has 174 valence electrons. The first-order valence-electron chi connectivity index (χ1n) is 11.2. The molecule has 0 aliphatic heterocycles. The third-order valence-corrected chi connectivity index (χ3v) is 5.84. The van der Waals surface area contributed by atoms with E-state index >= 15 is 0 Å². The lowest BCUT2D eigenvalue weighted by Gasteiger charge is -2.18. The van der Waals surface area contributed by atoms with Crippen LogP contribution < -0.4 is 14.8 Å². The van der Waals surface area contributed by atoms with Gasteiger partial charge >= 0.3 is 5.97 Å². The van der Waals surface area contributed by atoms with E-state index in [4.69, 9.17) is 9.47 Å². The zero-order valence-electron chi connectivity index (χ0n) is 19.3. The standard InChI is InChI=1S/C24H33N3O5/c1-15(2)12-16(13-22(28)29)25-24(30)18-14-19(27(26-18)17-8-5-6-9-17)23-20(31-3)10-7-11-21(23)32-4/h7,10-11,14-17H,5-6,8-9,12-13H2,1-4H3,(H,25,30)(H,28,29)/t16-/m0/s1. The number of methoxy groups -OCH3 is 2. The Kier molecular flexibility index (Phi) is 7.77. The van der Waals surface area contributed by atoms with Gasteiger partial charge in [-0.25, -0.2) is 0 Å². The normalized spacial score (nSPS) is 15.0. The predicted octanol–water partition coefficient (Wildman–Crippen LogP) is 4.30. The first-order valence-corrected chi connectivity index (χ1v) is 11.2. The van der Waals surface area contributed by atoms with E-state index in [1.807, 2.05) is 36.7 Å². The first kappa shape index (κ1) is 23.6. The molecule has 2 N–H and O–H groups in total. The number of benzene rings is 1. The second-order valence-corrected chi connectivity index (χ2v) is 8.73. The van der Waals surface area contributed by atoms with Gasteiger partial charge in [0.15, 0.2) is 5.69 Å². The number of hydrogen-bond acceptors (Lipinski definition) is 5. The molecular weight excluding hydrogens is 410 g/mol. The van der Waals surface area contributed by atoms with Crippen LogP contribution in [0.4, 0.5) is 0 Å². The summed E-state index contributed by atoms with van der Waals surface area (Å²) >= 11 is 0. The molecule has 1 fully saturated rings. The lowest BCUT2D eigenvalue weighted by molar-refractivity contribution is -0.137. The van der Waals surface area contributed by atoms with Crippen molar-refractivity contribution in [3.8, 4) is 22.8 Å². The van der Waals surface area contributed by atoms with Crippen LogP contribution in [-0.4, -0.2) is 47.0 Å². The minimum atomic E-state index is -0.938. The van der Waals surface area contributed by atoms with Crippen molar-refractivity contribution in [2.45, 2.75) is 64.5 Å². The van der Waals surface area contributed by atoms with Crippen molar-refractivity contribution >= 4 is 11.9 Å². The van der Waals surface area contributed by atoms with Crippen molar-refractivity contribution < 1.29 is 24.2 Å². The molecule has 1 aromatic heterocycles. The second-order valence-electron chi connectivity index (χ2n) is 8.73. The Labute approximate surface area is 188 Å². The van der Waals surface area contributed by atoms with Gasteiger partial charge in [0.05, 0.1) is 37.9 Å². The Hall–Kier alpha value is -3.03. The molecule has 0 bridgehead atoms. The summed E-state index contributed by atoms with van der Waals surface area (Å²) in [5.41, 5.74) is 1.77. The summed E-state index contributed by atoms with van der Waals surface area (Å²) in [7, 11) is 3.20. The van der Waals surface area contributed by atoms with Gasteiger partial charge in [-0.3, -0.25) is 14.3 Å². The van der Waals surface area contributed by atoms with Crippen LogP contribution in [0.2, 0.25) is 0 Å². The minimum Gasteiger partial charge on any atom is -0.496 e. The minimum absolute atomic E-state index is 0.125. The van der Waals surface area contributed by atoms with Crippen LogP contribution in [0, 0.1) is 5.92 Å². The van der Waals surface area contributed by atoms with Gasteiger partial charge < -0.3 is 19.9 Å². The molecule has 1 atom stereocenters. The lowest BCUT2D eigenvalue weighted by Crippen LogP contribution is -2.37. The van der Waals surface area contributed by atoms with Crippen LogP contribution in [0.1, 0.15) is 68.9 Å². The van der Waals surface area contributed by atoms with Gasteiger partial charge in [-0.1, -0.05) is 32.8 Å². The number of hydrogen-bond donors (Lipinski definition) is 2. The number of ether oxygens (including phenoxy) is 2. The highest BCUT2D eigenvalue weighted by atomic mass is 16.5. The number of carbonyl (C=O) groups excluding carboxylic acids is 1. The average Bonchev–Trinajstić information content (AvgIpc) is 3.41. The average molecular weight is 444 g/mol. The van der Waals surface area contributed by atoms with Crippen LogP contribution in [0.25, 0.3) is 11.3 Å². The molecular formula is C24H33N3O5. The molecule has 1 aliphatic rings. The Morgan fingerprint density at radius 1 is 1.19 bits per heavy atom. The fourth-order valence-corrected chi connectivity index (χ4v) is 4.46. The number of carbonyl (C=O) groups is 2. The molecule has 0 spiro atoms. The smallest absolute Gasteiger partial charge is 0.305 e. The number of nitrogens with zero attached hydrogens (tertiary/aromatic N) is 2. The van der Waals surface area contributed by atoms with E-state index in [-0.39, 0.29) is 30.0 Å². The Morgan fingerprint density at radius 2 is 1.81 bits per heavy atom. The quantitative estimate of drug-likeness (QED) is 0.567. The van der Waals surface area contributed by atoms with Crippen LogP contribution in [0.3, 0.4) is 0 Å². The van der Waals surface area contributed by atoms with Crippen LogP contribution in [-0.2, 0) is 4.79 Å². The highest BCUT2D eigenvalue weighted by Gasteiger charge is 2.28. The van der Waals surface area contributed by atoms with Gasteiger partial charge in [0.1, 0.15) is 11.5 Å². The van der Waals surface area contributed by atoms with Crippen molar-refractivity contribution in [1.29, 1.82) is 0 Å². The largest absolute Gasteiger partial charge is 0.496 e. The highest BCUT2D eigenvalue weighted by Crippen LogP contribution is 2.41. The first-order chi connectivity index (χ1) is 15.3. The van der Waals surface area contributed by atoms with Gasteiger partial charge in [-0.05, 0) is 43.4 Å². The maximum atomic E-state index is 13.1. The molecule has 8 nitrogen and oxygen atoms in total. The number of aromatic nitrogens is 2. The topological polar surface area (TPSA) is 103 Å². The molecule has 1 aromatic carbocycles. The predicted molar refractivity (Wildman–Crippen MR) is 121 cm³/mol. The van der Waals surface area contributed by atoms with E-state index in [1.54, 1.807) is 20.3 Å². The van der Waals surface area contributed by atoms with Crippen LogP contribution in [0.5, 0.6) is 11.5 Å². The molecule has 2 aromatic rings. The molecule has 3 rings (SSSR count). The fourth-order valence-electron chi connectivity index (χ4n) is 4.46. The molecule has 1 aliphatic carbocycles. The molecule has 0 radical (unpaired) electrons. The molecule has 1 saturated carbocycles. The molecule has 8 heteroatoms. The molecule has 1 heterocycles. The molecule has 0 unspecified atom stereocenters. The van der Waals surface area contributed by atoms with Gasteiger partial charge in [0, 0.05) is 6.04 Å². The zero-order valence-corrected chi connectivity index (χ0v) is 19.3. The van der Waals surface area contributed by atoms with Crippen molar-refractivity contribution in [2.24, 2.45) is 5.92 Å². The number of rotatable bonds is 10. The summed E-state index contributed by atoms with van der Waals surface area (Å²) in [6.07, 6.45) is 4.66. The Balaban J connectivity index is 2.01. The fraction of sp³-hybridized carbons (Fsp3) is 0.542. The SMILES string of the molecule is COc1cccc(OC)c1-c1cc(C(=O)N[C@H](CC(=O)O)CC(C)C)nn1C1CCCC1. The molecule has 32 heavy (non-hydrogen) atoms. The molecule has 0 saturated heterocycles. The lowest BCUT2D eigenvalue weighted by atomic mass is 10.0. The van der Waals surface area contributed by atoms with E-state index in [1.165, 1.54) is 0 Å². The van der Waals surface area contributed by atoms with Crippen molar-refractivity contribution in [3.05, 3.63) is 30.0 Å². The van der Waals surface area contributed by atoms with E-state index in [0.717, 1.165) is 36.9 Å².